The Morgan fingerprint density at radius 3 is 2.78 bits per heavy atom. The Morgan fingerprint density at radius 1 is 1.44 bits per heavy atom. The van der Waals surface area contributed by atoms with Crippen molar-refractivity contribution >= 4 is 23.3 Å². The summed E-state index contributed by atoms with van der Waals surface area (Å²) in [6, 6.07) is 3.62. The maximum absolute atomic E-state index is 11.5. The van der Waals surface area contributed by atoms with Gasteiger partial charge in [-0.15, -0.1) is 11.3 Å². The van der Waals surface area contributed by atoms with Gasteiger partial charge in [-0.1, -0.05) is 19.4 Å². The van der Waals surface area contributed by atoms with Crippen LogP contribution >= 0.6 is 11.3 Å². The first-order valence-corrected chi connectivity index (χ1v) is 6.75. The molecule has 2 amide bonds. The molecule has 1 heterocycles. The molecular weight excluding hydrogens is 252 g/mol. The van der Waals surface area contributed by atoms with Gasteiger partial charge in [0, 0.05) is 17.8 Å². The number of carboxylic acids is 1. The molecule has 1 aromatic rings. The fourth-order valence-corrected chi connectivity index (χ4v) is 2.13. The van der Waals surface area contributed by atoms with Crippen molar-refractivity contribution in [1.29, 1.82) is 0 Å². The van der Waals surface area contributed by atoms with Crippen LogP contribution in [0.15, 0.2) is 17.5 Å². The van der Waals surface area contributed by atoms with Crippen LogP contribution < -0.4 is 10.6 Å². The van der Waals surface area contributed by atoms with E-state index in [-0.39, 0.29) is 18.4 Å². The molecule has 0 fully saturated rings. The van der Waals surface area contributed by atoms with E-state index < -0.39 is 5.97 Å². The highest BCUT2D eigenvalue weighted by molar-refractivity contribution is 7.09. The molecule has 100 valence electrons. The predicted octanol–water partition coefficient (Wildman–Crippen LogP) is 2.05. The Bertz CT molecular complexity index is 379. The summed E-state index contributed by atoms with van der Waals surface area (Å²) < 4.78 is 0. The first-order valence-electron chi connectivity index (χ1n) is 5.87. The standard InChI is InChI=1S/C12H18N2O3S/c1-2-9(6-11(15)16)7-13-12(17)14-8-10-4-3-5-18-10/h3-5,9H,2,6-8H2,1H3,(H,15,16)(H2,13,14,17). The minimum absolute atomic E-state index is 0.0185. The lowest BCUT2D eigenvalue weighted by Crippen LogP contribution is -2.38. The van der Waals surface area contributed by atoms with Gasteiger partial charge in [0.1, 0.15) is 0 Å². The molecule has 1 aromatic heterocycles. The number of carboxylic acid groups (broad SMARTS) is 1. The van der Waals surface area contributed by atoms with Crippen LogP contribution in [0.4, 0.5) is 4.79 Å². The summed E-state index contributed by atoms with van der Waals surface area (Å²) in [4.78, 5) is 23.1. The van der Waals surface area contributed by atoms with Crippen LogP contribution in [0.2, 0.25) is 0 Å². The molecule has 1 unspecified atom stereocenters. The van der Waals surface area contributed by atoms with Gasteiger partial charge >= 0.3 is 12.0 Å². The van der Waals surface area contributed by atoms with Gasteiger partial charge in [-0.3, -0.25) is 4.79 Å². The monoisotopic (exact) mass is 270 g/mol. The quantitative estimate of drug-likeness (QED) is 0.709. The number of urea groups is 1. The van der Waals surface area contributed by atoms with Crippen molar-refractivity contribution < 1.29 is 14.7 Å². The summed E-state index contributed by atoms with van der Waals surface area (Å²) in [5.74, 6) is -0.849. The number of rotatable bonds is 7. The molecule has 18 heavy (non-hydrogen) atoms. The van der Waals surface area contributed by atoms with Crippen LogP contribution in [0.25, 0.3) is 0 Å². The highest BCUT2D eigenvalue weighted by Crippen LogP contribution is 2.08. The zero-order valence-electron chi connectivity index (χ0n) is 10.3. The average Bonchev–Trinajstić information content (AvgIpc) is 2.84. The lowest BCUT2D eigenvalue weighted by molar-refractivity contribution is -0.138. The SMILES string of the molecule is CCC(CNC(=O)NCc1cccs1)CC(=O)O. The summed E-state index contributed by atoms with van der Waals surface area (Å²) in [5.41, 5.74) is 0. The number of hydrogen-bond acceptors (Lipinski definition) is 3. The molecule has 0 aromatic carbocycles. The Kier molecular flexibility index (Phi) is 6.21. The molecule has 5 nitrogen and oxygen atoms in total. The third-order valence-corrected chi connectivity index (χ3v) is 3.47. The average molecular weight is 270 g/mol. The van der Waals surface area contributed by atoms with E-state index in [9.17, 15) is 9.59 Å². The smallest absolute Gasteiger partial charge is 0.315 e. The normalized spacial score (nSPS) is 11.8. The first kappa shape index (κ1) is 14.5. The molecule has 1 atom stereocenters. The van der Waals surface area contributed by atoms with Gasteiger partial charge in [0.2, 0.25) is 0 Å². The third kappa shape index (κ3) is 5.67. The van der Waals surface area contributed by atoms with Crippen molar-refractivity contribution in [2.75, 3.05) is 6.54 Å². The Balaban J connectivity index is 2.21. The maximum atomic E-state index is 11.5. The highest BCUT2D eigenvalue weighted by atomic mass is 32.1. The molecule has 0 aliphatic heterocycles. The molecule has 0 aliphatic carbocycles. The number of nitrogens with one attached hydrogen (secondary N) is 2. The van der Waals surface area contributed by atoms with Crippen LogP contribution in [0.3, 0.4) is 0 Å². The first-order chi connectivity index (χ1) is 8.61. The zero-order valence-corrected chi connectivity index (χ0v) is 11.1. The molecular formula is C12H18N2O3S. The van der Waals surface area contributed by atoms with E-state index in [4.69, 9.17) is 5.11 Å². The van der Waals surface area contributed by atoms with Crippen LogP contribution in [-0.2, 0) is 11.3 Å². The summed E-state index contributed by atoms with van der Waals surface area (Å²) in [7, 11) is 0. The number of thiophene rings is 1. The van der Waals surface area contributed by atoms with E-state index in [1.54, 1.807) is 11.3 Å². The highest BCUT2D eigenvalue weighted by Gasteiger charge is 2.12. The summed E-state index contributed by atoms with van der Waals surface area (Å²) in [6.07, 6.45) is 0.819. The second kappa shape index (κ2) is 7.71. The third-order valence-electron chi connectivity index (χ3n) is 2.60. The molecule has 0 radical (unpaired) electrons. The van der Waals surface area contributed by atoms with Crippen molar-refractivity contribution in [2.24, 2.45) is 5.92 Å². The van der Waals surface area contributed by atoms with E-state index in [1.807, 2.05) is 24.4 Å². The van der Waals surface area contributed by atoms with E-state index in [1.165, 1.54) is 0 Å². The molecule has 0 bridgehead atoms. The molecule has 0 saturated carbocycles. The second-order valence-electron chi connectivity index (χ2n) is 4.02. The topological polar surface area (TPSA) is 78.4 Å². The van der Waals surface area contributed by atoms with Crippen LogP contribution in [0.5, 0.6) is 0 Å². The fourth-order valence-electron chi connectivity index (χ4n) is 1.49. The van der Waals surface area contributed by atoms with Gasteiger partial charge in [-0.25, -0.2) is 4.79 Å². The van der Waals surface area contributed by atoms with E-state index in [0.29, 0.717) is 13.1 Å². The van der Waals surface area contributed by atoms with Crippen LogP contribution in [0, 0.1) is 5.92 Å². The van der Waals surface area contributed by atoms with Gasteiger partial charge in [0.15, 0.2) is 0 Å². The maximum Gasteiger partial charge on any atom is 0.315 e. The van der Waals surface area contributed by atoms with Crippen LogP contribution in [0.1, 0.15) is 24.6 Å². The Morgan fingerprint density at radius 2 is 2.22 bits per heavy atom. The molecule has 0 spiro atoms. The largest absolute Gasteiger partial charge is 0.481 e. The molecule has 0 aliphatic rings. The molecule has 1 rings (SSSR count). The summed E-state index contributed by atoms with van der Waals surface area (Å²) in [6.45, 7) is 2.80. The Hall–Kier alpha value is -1.56. The fraction of sp³-hybridized carbons (Fsp3) is 0.500. The number of carbonyl (C=O) groups is 2. The number of amides is 2. The van der Waals surface area contributed by atoms with Crippen molar-refractivity contribution in [3.05, 3.63) is 22.4 Å². The minimum atomic E-state index is -0.831. The van der Waals surface area contributed by atoms with Crippen molar-refractivity contribution in [2.45, 2.75) is 26.3 Å². The molecule has 0 saturated heterocycles. The van der Waals surface area contributed by atoms with Crippen LogP contribution in [-0.4, -0.2) is 23.7 Å². The minimum Gasteiger partial charge on any atom is -0.481 e. The molecule has 6 heteroatoms. The number of aliphatic carboxylic acids is 1. The van der Waals surface area contributed by atoms with E-state index >= 15 is 0 Å². The van der Waals surface area contributed by atoms with Gasteiger partial charge in [0.25, 0.3) is 0 Å². The van der Waals surface area contributed by atoms with Gasteiger partial charge < -0.3 is 15.7 Å². The zero-order chi connectivity index (χ0) is 13.4. The molecule has 3 N–H and O–H groups in total. The van der Waals surface area contributed by atoms with Crippen molar-refractivity contribution in [3.63, 3.8) is 0 Å². The van der Waals surface area contributed by atoms with E-state index in [0.717, 1.165) is 11.3 Å². The predicted molar refractivity (Wildman–Crippen MR) is 70.6 cm³/mol. The number of carbonyl (C=O) groups excluding carboxylic acids is 1. The van der Waals surface area contributed by atoms with E-state index in [2.05, 4.69) is 10.6 Å². The van der Waals surface area contributed by atoms with Gasteiger partial charge in [-0.2, -0.15) is 0 Å². The lowest BCUT2D eigenvalue weighted by atomic mass is 10.0. The van der Waals surface area contributed by atoms with Crippen molar-refractivity contribution in [3.8, 4) is 0 Å². The number of hydrogen-bond donors (Lipinski definition) is 3. The summed E-state index contributed by atoms with van der Waals surface area (Å²) >= 11 is 1.58. The summed E-state index contributed by atoms with van der Waals surface area (Å²) in [5, 5.41) is 16.1. The Labute approximate surface area is 110 Å². The van der Waals surface area contributed by atoms with Gasteiger partial charge in [-0.05, 0) is 17.4 Å². The van der Waals surface area contributed by atoms with Crippen molar-refractivity contribution in [1.82, 2.24) is 10.6 Å². The van der Waals surface area contributed by atoms with Gasteiger partial charge in [0.05, 0.1) is 6.54 Å². The second-order valence-corrected chi connectivity index (χ2v) is 5.05. The lowest BCUT2D eigenvalue weighted by Gasteiger charge is -2.13.